The predicted molar refractivity (Wildman–Crippen MR) is 93.8 cm³/mol. The van der Waals surface area contributed by atoms with Crippen molar-refractivity contribution in [3.05, 3.63) is 39.4 Å². The van der Waals surface area contributed by atoms with Crippen molar-refractivity contribution in [2.75, 3.05) is 0 Å². The van der Waals surface area contributed by atoms with Crippen LogP contribution in [0.4, 0.5) is 5.69 Å². The van der Waals surface area contributed by atoms with E-state index in [0.29, 0.717) is 5.41 Å². The fraction of sp³-hybridized carbons (Fsp3) is 0.650. The molecule has 3 aliphatic carbocycles. The first-order valence-electron chi connectivity index (χ1n) is 9.23. The Labute approximate surface area is 144 Å². The molecule has 0 aromatic heterocycles. The third-order valence-corrected chi connectivity index (χ3v) is 6.64. The van der Waals surface area contributed by atoms with Crippen LogP contribution in [0.15, 0.2) is 18.2 Å². The largest absolute Gasteiger partial charge is 0.287 e. The molecule has 0 atom stereocenters. The molecule has 0 N–H and O–H groups in total. The van der Waals surface area contributed by atoms with Gasteiger partial charge in [0.2, 0.25) is 0 Å². The zero-order valence-electron chi connectivity index (χ0n) is 14.5. The smallest absolute Gasteiger partial charge is 0.258 e. The van der Waals surface area contributed by atoms with E-state index in [4.69, 9.17) is 5.26 Å². The quantitative estimate of drug-likeness (QED) is 0.386. The monoisotopic (exact) mass is 326 g/mol. The molecule has 3 fully saturated rings. The molecule has 0 heterocycles. The molecule has 0 saturated heterocycles. The molecule has 4 heteroatoms. The molecule has 0 amide bonds. The van der Waals surface area contributed by atoms with Gasteiger partial charge in [-0.05, 0) is 67.4 Å². The second-order valence-electron chi connectivity index (χ2n) is 7.84. The van der Waals surface area contributed by atoms with Gasteiger partial charge in [-0.15, -0.1) is 0 Å². The first-order chi connectivity index (χ1) is 11.5. The molecule has 3 aliphatic rings. The number of rotatable bonds is 6. The molecule has 0 spiro atoms. The third kappa shape index (κ3) is 2.92. The summed E-state index contributed by atoms with van der Waals surface area (Å²) in [5.74, 6) is 0. The van der Waals surface area contributed by atoms with E-state index in [-0.39, 0.29) is 16.7 Å². The SMILES string of the molecule is CCCCCC12CCC(c3ccc(C#N)c([N+](=O)[O-])c3)(CC1)CC2. The topological polar surface area (TPSA) is 66.9 Å². The highest BCUT2D eigenvalue weighted by Crippen LogP contribution is 2.59. The van der Waals surface area contributed by atoms with E-state index in [0.717, 1.165) is 24.8 Å². The lowest BCUT2D eigenvalue weighted by atomic mass is 9.51. The Bertz CT molecular complexity index is 650. The van der Waals surface area contributed by atoms with Crippen LogP contribution in [0.5, 0.6) is 0 Å². The molecule has 128 valence electrons. The minimum absolute atomic E-state index is 0.0327. The van der Waals surface area contributed by atoms with Crippen LogP contribution in [0.3, 0.4) is 0 Å². The van der Waals surface area contributed by atoms with E-state index in [1.54, 1.807) is 12.1 Å². The van der Waals surface area contributed by atoms with Gasteiger partial charge >= 0.3 is 0 Å². The van der Waals surface area contributed by atoms with Gasteiger partial charge in [-0.2, -0.15) is 5.26 Å². The van der Waals surface area contributed by atoms with Gasteiger partial charge in [-0.3, -0.25) is 10.1 Å². The maximum Gasteiger partial charge on any atom is 0.287 e. The lowest BCUT2D eigenvalue weighted by Crippen LogP contribution is -2.44. The standard InChI is InChI=1S/C20H26N2O2/c1-2-3-4-7-19-8-11-20(12-9-19,13-10-19)17-6-5-16(15-21)18(14-17)22(23)24/h5-6,14H,2-4,7-13H2,1H3. The van der Waals surface area contributed by atoms with E-state index in [1.807, 2.05) is 12.1 Å². The highest BCUT2D eigenvalue weighted by atomic mass is 16.6. The lowest BCUT2D eigenvalue weighted by molar-refractivity contribution is -0.385. The van der Waals surface area contributed by atoms with Gasteiger partial charge in [-0.25, -0.2) is 0 Å². The van der Waals surface area contributed by atoms with E-state index in [9.17, 15) is 10.1 Å². The number of fused-ring (bicyclic) bond motifs is 3. The molecule has 4 nitrogen and oxygen atoms in total. The summed E-state index contributed by atoms with van der Waals surface area (Å²) in [5.41, 5.74) is 1.85. The second kappa shape index (κ2) is 6.55. The van der Waals surface area contributed by atoms with Crippen molar-refractivity contribution >= 4 is 5.69 Å². The van der Waals surface area contributed by atoms with Crippen LogP contribution in [-0.2, 0) is 5.41 Å². The van der Waals surface area contributed by atoms with Crippen LogP contribution in [-0.4, -0.2) is 4.92 Å². The van der Waals surface area contributed by atoms with Gasteiger partial charge in [0.25, 0.3) is 5.69 Å². The molecule has 4 rings (SSSR count). The average Bonchev–Trinajstić information content (AvgIpc) is 2.63. The molecule has 1 aromatic carbocycles. The number of nitrogens with zero attached hydrogens (tertiary/aromatic N) is 2. The summed E-state index contributed by atoms with van der Waals surface area (Å²) in [4.78, 5) is 10.9. The zero-order valence-corrected chi connectivity index (χ0v) is 14.5. The van der Waals surface area contributed by atoms with Crippen molar-refractivity contribution < 1.29 is 4.92 Å². The summed E-state index contributed by atoms with van der Waals surface area (Å²) >= 11 is 0. The number of benzene rings is 1. The van der Waals surface area contributed by atoms with Gasteiger partial charge in [0, 0.05) is 6.07 Å². The molecular formula is C20H26N2O2. The van der Waals surface area contributed by atoms with Crippen LogP contribution in [0.25, 0.3) is 0 Å². The number of hydrogen-bond donors (Lipinski definition) is 0. The number of unbranched alkanes of at least 4 members (excludes halogenated alkanes) is 2. The highest BCUT2D eigenvalue weighted by Gasteiger charge is 2.49. The maximum atomic E-state index is 11.3. The van der Waals surface area contributed by atoms with E-state index in [2.05, 4.69) is 6.92 Å². The summed E-state index contributed by atoms with van der Waals surface area (Å²) < 4.78 is 0. The normalized spacial score (nSPS) is 28.5. The van der Waals surface area contributed by atoms with Crippen molar-refractivity contribution in [2.24, 2.45) is 5.41 Å². The Kier molecular flexibility index (Phi) is 4.62. The Balaban J connectivity index is 1.80. The highest BCUT2D eigenvalue weighted by molar-refractivity contribution is 5.52. The zero-order chi connectivity index (χ0) is 17.2. The molecule has 0 radical (unpaired) electrons. The van der Waals surface area contributed by atoms with Crippen molar-refractivity contribution in [1.29, 1.82) is 5.26 Å². The fourth-order valence-electron chi connectivity index (χ4n) is 4.93. The number of nitriles is 1. The van der Waals surface area contributed by atoms with E-state index < -0.39 is 4.92 Å². The Morgan fingerprint density at radius 1 is 1.17 bits per heavy atom. The minimum Gasteiger partial charge on any atom is -0.258 e. The summed E-state index contributed by atoms with van der Waals surface area (Å²) in [6.45, 7) is 2.25. The van der Waals surface area contributed by atoms with E-state index in [1.165, 1.54) is 44.9 Å². The van der Waals surface area contributed by atoms with Crippen LogP contribution >= 0.6 is 0 Å². The number of hydrogen-bond acceptors (Lipinski definition) is 3. The fourth-order valence-corrected chi connectivity index (χ4v) is 4.93. The second-order valence-corrected chi connectivity index (χ2v) is 7.84. The summed E-state index contributed by atoms with van der Waals surface area (Å²) in [6, 6.07) is 7.21. The lowest BCUT2D eigenvalue weighted by Gasteiger charge is -2.54. The van der Waals surface area contributed by atoms with Gasteiger partial charge < -0.3 is 0 Å². The Morgan fingerprint density at radius 2 is 1.83 bits per heavy atom. The van der Waals surface area contributed by atoms with Crippen molar-refractivity contribution in [2.45, 2.75) is 76.5 Å². The molecule has 0 unspecified atom stereocenters. The van der Waals surface area contributed by atoms with Crippen LogP contribution in [0.2, 0.25) is 0 Å². The van der Waals surface area contributed by atoms with Crippen LogP contribution in [0, 0.1) is 26.9 Å². The predicted octanol–water partition coefficient (Wildman–Crippen LogP) is 5.64. The molecule has 2 bridgehead atoms. The average molecular weight is 326 g/mol. The van der Waals surface area contributed by atoms with Crippen molar-refractivity contribution in [3.8, 4) is 6.07 Å². The van der Waals surface area contributed by atoms with Gasteiger partial charge in [0.15, 0.2) is 0 Å². The number of nitro groups is 1. The van der Waals surface area contributed by atoms with E-state index >= 15 is 0 Å². The van der Waals surface area contributed by atoms with Crippen molar-refractivity contribution in [3.63, 3.8) is 0 Å². The minimum atomic E-state index is -0.417. The Morgan fingerprint density at radius 3 is 2.38 bits per heavy atom. The molecule has 3 saturated carbocycles. The van der Waals surface area contributed by atoms with Crippen LogP contribution in [0.1, 0.15) is 82.3 Å². The first-order valence-corrected chi connectivity index (χ1v) is 9.23. The van der Waals surface area contributed by atoms with Crippen molar-refractivity contribution in [1.82, 2.24) is 0 Å². The van der Waals surface area contributed by atoms with Crippen LogP contribution < -0.4 is 0 Å². The summed E-state index contributed by atoms with van der Waals surface area (Å²) in [5, 5.41) is 20.4. The number of nitro benzene ring substituents is 1. The maximum absolute atomic E-state index is 11.3. The molecule has 0 aliphatic heterocycles. The van der Waals surface area contributed by atoms with Gasteiger partial charge in [0.05, 0.1) is 4.92 Å². The molecule has 1 aromatic rings. The first kappa shape index (κ1) is 17.0. The third-order valence-electron chi connectivity index (χ3n) is 6.64. The Hall–Kier alpha value is -1.89. The van der Waals surface area contributed by atoms with Gasteiger partial charge in [-0.1, -0.05) is 32.3 Å². The van der Waals surface area contributed by atoms with Gasteiger partial charge in [0.1, 0.15) is 11.6 Å². The summed E-state index contributed by atoms with van der Waals surface area (Å²) in [6.07, 6.45) is 12.5. The molecule has 24 heavy (non-hydrogen) atoms. The summed E-state index contributed by atoms with van der Waals surface area (Å²) in [7, 11) is 0. The molecular weight excluding hydrogens is 300 g/mol.